The van der Waals surface area contributed by atoms with Gasteiger partial charge in [-0.05, 0) is 61.7 Å². The van der Waals surface area contributed by atoms with Crippen LogP contribution in [0.15, 0.2) is 47.4 Å². The van der Waals surface area contributed by atoms with Crippen molar-refractivity contribution < 1.29 is 17.6 Å². The van der Waals surface area contributed by atoms with Crippen LogP contribution in [0.1, 0.15) is 18.4 Å². The van der Waals surface area contributed by atoms with Crippen LogP contribution in [-0.4, -0.2) is 31.7 Å². The average molecular weight is 411 g/mol. The molecular formula is C19H20ClFN2O3S. The first-order valence-electron chi connectivity index (χ1n) is 8.60. The number of halogens is 2. The highest BCUT2D eigenvalue weighted by molar-refractivity contribution is 7.89. The minimum atomic E-state index is -3.62. The van der Waals surface area contributed by atoms with Crippen LogP contribution >= 0.6 is 11.6 Å². The number of sulfonamides is 1. The lowest BCUT2D eigenvalue weighted by molar-refractivity contribution is -0.120. The Morgan fingerprint density at radius 2 is 1.78 bits per heavy atom. The predicted molar refractivity (Wildman–Crippen MR) is 103 cm³/mol. The monoisotopic (exact) mass is 410 g/mol. The third kappa shape index (κ3) is 4.48. The zero-order chi connectivity index (χ0) is 19.6. The molecule has 144 valence electrons. The van der Waals surface area contributed by atoms with Crippen LogP contribution < -0.4 is 5.32 Å². The Balaban J connectivity index is 1.62. The van der Waals surface area contributed by atoms with Gasteiger partial charge in [-0.25, -0.2) is 12.8 Å². The third-order valence-corrected chi connectivity index (χ3v) is 6.82. The highest BCUT2D eigenvalue weighted by Gasteiger charge is 2.32. The standard InChI is InChI=1S/C19H20ClFN2O3S/c1-13-2-7-18(17(21)12-13)22-19(24)14-8-10-23(11-9-14)27(25,26)16-5-3-15(20)4-6-16/h2-7,12,14H,8-11H2,1H3,(H,22,24). The summed E-state index contributed by atoms with van der Waals surface area (Å²) in [5, 5.41) is 3.07. The first kappa shape index (κ1) is 19.8. The van der Waals surface area contributed by atoms with Crippen molar-refractivity contribution in [2.45, 2.75) is 24.7 Å². The molecule has 1 heterocycles. The zero-order valence-electron chi connectivity index (χ0n) is 14.8. The van der Waals surface area contributed by atoms with E-state index >= 15 is 0 Å². The van der Waals surface area contributed by atoms with E-state index < -0.39 is 15.8 Å². The first-order chi connectivity index (χ1) is 12.8. The molecule has 1 fully saturated rings. The van der Waals surface area contributed by atoms with E-state index in [9.17, 15) is 17.6 Å². The van der Waals surface area contributed by atoms with Crippen LogP contribution in [0.5, 0.6) is 0 Å². The fourth-order valence-electron chi connectivity index (χ4n) is 3.07. The number of anilines is 1. The lowest BCUT2D eigenvalue weighted by Gasteiger charge is -2.30. The largest absolute Gasteiger partial charge is 0.323 e. The molecular weight excluding hydrogens is 391 g/mol. The Hall–Kier alpha value is -1.96. The van der Waals surface area contributed by atoms with Gasteiger partial charge in [0.05, 0.1) is 10.6 Å². The van der Waals surface area contributed by atoms with Gasteiger partial charge < -0.3 is 5.32 Å². The smallest absolute Gasteiger partial charge is 0.243 e. The summed E-state index contributed by atoms with van der Waals surface area (Å²) >= 11 is 5.81. The molecule has 1 aliphatic rings. The highest BCUT2D eigenvalue weighted by atomic mass is 35.5. The van der Waals surface area contributed by atoms with E-state index in [1.807, 2.05) is 0 Å². The molecule has 0 bridgehead atoms. The molecule has 2 aromatic rings. The molecule has 0 aliphatic carbocycles. The van der Waals surface area contributed by atoms with E-state index in [-0.39, 0.29) is 35.5 Å². The van der Waals surface area contributed by atoms with E-state index in [1.165, 1.54) is 40.7 Å². The third-order valence-electron chi connectivity index (χ3n) is 4.66. The Kier molecular flexibility index (Phi) is 5.83. The average Bonchev–Trinajstić information content (AvgIpc) is 2.64. The van der Waals surface area contributed by atoms with Gasteiger partial charge in [0.2, 0.25) is 15.9 Å². The molecule has 1 saturated heterocycles. The molecule has 2 aromatic carbocycles. The number of piperidine rings is 1. The summed E-state index contributed by atoms with van der Waals surface area (Å²) in [6.45, 7) is 2.24. The molecule has 1 aliphatic heterocycles. The Morgan fingerprint density at radius 3 is 2.37 bits per heavy atom. The minimum absolute atomic E-state index is 0.141. The first-order valence-corrected chi connectivity index (χ1v) is 10.4. The molecule has 8 heteroatoms. The van der Waals surface area contributed by atoms with Crippen molar-refractivity contribution in [3.8, 4) is 0 Å². The van der Waals surface area contributed by atoms with E-state index in [0.717, 1.165) is 5.56 Å². The van der Waals surface area contributed by atoms with Gasteiger partial charge in [0.1, 0.15) is 5.82 Å². The summed E-state index contributed by atoms with van der Waals surface area (Å²) in [6.07, 6.45) is 0.762. The normalized spacial score (nSPS) is 16.3. The van der Waals surface area contributed by atoms with Crippen LogP contribution in [0, 0.1) is 18.7 Å². The lowest BCUT2D eigenvalue weighted by Crippen LogP contribution is -2.41. The second-order valence-corrected chi connectivity index (χ2v) is 8.98. The topological polar surface area (TPSA) is 66.5 Å². The summed E-state index contributed by atoms with van der Waals surface area (Å²) in [4.78, 5) is 12.6. The van der Waals surface area contributed by atoms with Crippen LogP contribution in [0.2, 0.25) is 5.02 Å². The number of nitrogens with zero attached hydrogens (tertiary/aromatic N) is 1. The minimum Gasteiger partial charge on any atom is -0.323 e. The van der Waals surface area contributed by atoms with Crippen molar-refractivity contribution in [3.63, 3.8) is 0 Å². The Bertz CT molecular complexity index is 940. The fraction of sp³-hybridized carbons (Fsp3) is 0.316. The van der Waals surface area contributed by atoms with Gasteiger partial charge in [0, 0.05) is 24.0 Å². The predicted octanol–water partition coefficient (Wildman–Crippen LogP) is 3.83. The maximum absolute atomic E-state index is 13.9. The number of hydrogen-bond donors (Lipinski definition) is 1. The number of hydrogen-bond acceptors (Lipinski definition) is 3. The summed E-state index contributed by atoms with van der Waals surface area (Å²) in [7, 11) is -3.62. The Labute approximate surface area is 163 Å². The molecule has 1 amide bonds. The molecule has 27 heavy (non-hydrogen) atoms. The van der Waals surface area contributed by atoms with Crippen molar-refractivity contribution in [1.29, 1.82) is 0 Å². The fourth-order valence-corrected chi connectivity index (χ4v) is 4.67. The van der Waals surface area contributed by atoms with Crippen LogP contribution in [-0.2, 0) is 14.8 Å². The van der Waals surface area contributed by atoms with Crippen molar-refractivity contribution in [2.24, 2.45) is 5.92 Å². The summed E-state index contributed by atoms with van der Waals surface area (Å²) in [5.74, 6) is -1.13. The van der Waals surface area contributed by atoms with Gasteiger partial charge in [-0.2, -0.15) is 4.31 Å². The quantitative estimate of drug-likeness (QED) is 0.833. The molecule has 0 aromatic heterocycles. The molecule has 0 spiro atoms. The number of benzene rings is 2. The lowest BCUT2D eigenvalue weighted by atomic mass is 9.97. The summed E-state index contributed by atoms with van der Waals surface area (Å²) < 4.78 is 40.6. The van der Waals surface area contributed by atoms with Gasteiger partial charge in [-0.3, -0.25) is 4.79 Å². The van der Waals surface area contributed by atoms with Crippen molar-refractivity contribution in [2.75, 3.05) is 18.4 Å². The molecule has 0 unspecified atom stereocenters. The van der Waals surface area contributed by atoms with Gasteiger partial charge in [-0.1, -0.05) is 17.7 Å². The number of carbonyl (C=O) groups is 1. The molecule has 0 saturated carbocycles. The van der Waals surface area contributed by atoms with Gasteiger partial charge in [0.15, 0.2) is 0 Å². The zero-order valence-corrected chi connectivity index (χ0v) is 16.4. The SMILES string of the molecule is Cc1ccc(NC(=O)C2CCN(S(=O)(=O)c3ccc(Cl)cc3)CC2)c(F)c1. The molecule has 0 atom stereocenters. The number of aryl methyl sites for hydroxylation is 1. The molecule has 3 rings (SSSR count). The number of amides is 1. The number of nitrogens with one attached hydrogen (secondary N) is 1. The molecule has 1 N–H and O–H groups in total. The number of carbonyl (C=O) groups excluding carboxylic acids is 1. The maximum Gasteiger partial charge on any atom is 0.243 e. The maximum atomic E-state index is 13.9. The van der Waals surface area contributed by atoms with Gasteiger partial charge >= 0.3 is 0 Å². The molecule has 5 nitrogen and oxygen atoms in total. The van der Waals surface area contributed by atoms with E-state index in [2.05, 4.69) is 5.32 Å². The van der Waals surface area contributed by atoms with Gasteiger partial charge in [0.25, 0.3) is 0 Å². The second-order valence-electron chi connectivity index (χ2n) is 6.60. The van der Waals surface area contributed by atoms with Gasteiger partial charge in [-0.15, -0.1) is 0 Å². The van der Waals surface area contributed by atoms with Crippen molar-refractivity contribution in [1.82, 2.24) is 4.31 Å². The van der Waals surface area contributed by atoms with Crippen molar-refractivity contribution >= 4 is 33.2 Å². The Morgan fingerprint density at radius 1 is 1.15 bits per heavy atom. The van der Waals surface area contributed by atoms with E-state index in [1.54, 1.807) is 13.0 Å². The van der Waals surface area contributed by atoms with Crippen LogP contribution in [0.4, 0.5) is 10.1 Å². The van der Waals surface area contributed by atoms with Crippen molar-refractivity contribution in [3.05, 3.63) is 58.9 Å². The van der Waals surface area contributed by atoms with Crippen LogP contribution in [0.3, 0.4) is 0 Å². The van der Waals surface area contributed by atoms with Crippen LogP contribution in [0.25, 0.3) is 0 Å². The van der Waals surface area contributed by atoms with E-state index in [4.69, 9.17) is 11.6 Å². The second kappa shape index (κ2) is 7.96. The summed E-state index contributed by atoms with van der Waals surface area (Å²) in [6, 6.07) is 10.6. The molecule has 0 radical (unpaired) electrons. The number of rotatable bonds is 4. The highest BCUT2D eigenvalue weighted by Crippen LogP contribution is 2.26. The van der Waals surface area contributed by atoms with E-state index in [0.29, 0.717) is 17.9 Å². The summed E-state index contributed by atoms with van der Waals surface area (Å²) in [5.41, 5.74) is 0.910.